The van der Waals surface area contributed by atoms with E-state index in [-0.39, 0.29) is 11.5 Å². The summed E-state index contributed by atoms with van der Waals surface area (Å²) < 4.78 is 9.96. The molecule has 28 heavy (non-hydrogen) atoms. The lowest BCUT2D eigenvalue weighted by Gasteiger charge is -2.05. The smallest absolute Gasteiger partial charge is 0.160 e. The van der Waals surface area contributed by atoms with Gasteiger partial charge in [-0.25, -0.2) is 0 Å². The molecule has 0 atom stereocenters. The van der Waals surface area contributed by atoms with Gasteiger partial charge in [-0.2, -0.15) is 0 Å². The van der Waals surface area contributed by atoms with Crippen molar-refractivity contribution in [2.45, 2.75) is 53.4 Å². The molecule has 0 aliphatic heterocycles. The monoisotopic (exact) mass is 390 g/mol. The second-order valence-electron chi connectivity index (χ2n) is 5.51. The fraction of sp³-hybridized carbons (Fsp3) is 0.417. The second-order valence-corrected chi connectivity index (χ2v) is 5.51. The van der Waals surface area contributed by atoms with E-state index in [1.165, 1.54) is 11.1 Å². The Balaban J connectivity index is 0. The number of hydrogen-bond acceptors (Lipinski definition) is 4. The van der Waals surface area contributed by atoms with Gasteiger partial charge in [0.15, 0.2) is 23.0 Å². The third-order valence-electron chi connectivity index (χ3n) is 3.57. The molecule has 2 aromatic rings. The van der Waals surface area contributed by atoms with Gasteiger partial charge in [0.05, 0.1) is 14.2 Å². The molecule has 0 heterocycles. The van der Waals surface area contributed by atoms with Gasteiger partial charge < -0.3 is 19.7 Å². The Morgan fingerprint density at radius 2 is 1.04 bits per heavy atom. The van der Waals surface area contributed by atoms with Crippen molar-refractivity contribution in [1.29, 1.82) is 0 Å². The Morgan fingerprint density at radius 3 is 1.29 bits per heavy atom. The van der Waals surface area contributed by atoms with Crippen LogP contribution >= 0.6 is 0 Å². The van der Waals surface area contributed by atoms with Gasteiger partial charge in [0.2, 0.25) is 0 Å². The Hall–Kier alpha value is -2.62. The molecule has 2 rings (SSSR count). The maximum atomic E-state index is 9.28. The van der Waals surface area contributed by atoms with Crippen molar-refractivity contribution in [3.63, 3.8) is 0 Å². The molecule has 0 radical (unpaired) electrons. The molecule has 0 saturated carbocycles. The van der Waals surface area contributed by atoms with Gasteiger partial charge in [-0.1, -0.05) is 52.7 Å². The minimum absolute atomic E-state index is 0.206. The molecule has 0 amide bonds. The zero-order valence-electron chi connectivity index (χ0n) is 18.4. The highest BCUT2D eigenvalue weighted by molar-refractivity contribution is 5.42. The summed E-state index contributed by atoms with van der Waals surface area (Å²) in [5.41, 5.74) is 2.40. The average molecular weight is 391 g/mol. The van der Waals surface area contributed by atoms with Crippen LogP contribution in [0.3, 0.4) is 0 Å². The van der Waals surface area contributed by atoms with Gasteiger partial charge >= 0.3 is 0 Å². The van der Waals surface area contributed by atoms with Crippen LogP contribution in [0.5, 0.6) is 23.0 Å². The van der Waals surface area contributed by atoms with Crippen LogP contribution in [-0.2, 0) is 12.8 Å². The molecule has 0 fully saturated rings. The zero-order chi connectivity index (χ0) is 21.9. The standard InChI is InChI=1S/2C10H14O2.C2H6.C2H4/c2*1-3-4-8-5-6-9(11)10(7-8)12-2;2*1-2/h2*5-7,11H,3-4H2,1-2H3;1-2H3;1-2H2. The van der Waals surface area contributed by atoms with Crippen LogP contribution in [0.15, 0.2) is 49.6 Å². The fourth-order valence-electron chi connectivity index (χ4n) is 2.33. The Kier molecular flexibility index (Phi) is 17.5. The molecular weight excluding hydrogens is 352 g/mol. The van der Waals surface area contributed by atoms with E-state index in [2.05, 4.69) is 27.0 Å². The lowest BCUT2D eigenvalue weighted by Crippen LogP contribution is -1.87. The van der Waals surface area contributed by atoms with Crippen LogP contribution in [0.25, 0.3) is 0 Å². The van der Waals surface area contributed by atoms with Gasteiger partial charge in [0, 0.05) is 0 Å². The summed E-state index contributed by atoms with van der Waals surface area (Å²) in [7, 11) is 3.12. The van der Waals surface area contributed by atoms with Crippen LogP contribution in [0.4, 0.5) is 0 Å². The highest BCUT2D eigenvalue weighted by Crippen LogP contribution is 2.27. The molecule has 4 heteroatoms. The summed E-state index contributed by atoms with van der Waals surface area (Å²) in [6.07, 6.45) is 4.26. The number of phenols is 2. The lowest BCUT2D eigenvalue weighted by molar-refractivity contribution is 0.373. The summed E-state index contributed by atoms with van der Waals surface area (Å²) >= 11 is 0. The first-order chi connectivity index (χ1) is 13.5. The van der Waals surface area contributed by atoms with E-state index >= 15 is 0 Å². The van der Waals surface area contributed by atoms with Crippen molar-refractivity contribution in [2.24, 2.45) is 0 Å². The van der Waals surface area contributed by atoms with Crippen LogP contribution < -0.4 is 9.47 Å². The number of ether oxygens (including phenoxy) is 2. The van der Waals surface area contributed by atoms with E-state index in [4.69, 9.17) is 9.47 Å². The number of aryl methyl sites for hydroxylation is 2. The quantitative estimate of drug-likeness (QED) is 0.550. The number of rotatable bonds is 6. The molecule has 4 nitrogen and oxygen atoms in total. The molecule has 0 saturated heterocycles. The minimum Gasteiger partial charge on any atom is -0.504 e. The first-order valence-corrected chi connectivity index (χ1v) is 9.77. The lowest BCUT2D eigenvalue weighted by atomic mass is 10.1. The molecular formula is C24H38O4. The van der Waals surface area contributed by atoms with Crippen LogP contribution in [0.2, 0.25) is 0 Å². The molecule has 0 unspecified atom stereocenters. The minimum atomic E-state index is 0.206. The Morgan fingerprint density at radius 1 is 0.714 bits per heavy atom. The number of methoxy groups -OCH3 is 2. The van der Waals surface area contributed by atoms with E-state index in [1.807, 2.05) is 38.1 Å². The second kappa shape index (κ2) is 17.8. The molecule has 2 N–H and O–H groups in total. The van der Waals surface area contributed by atoms with Gasteiger partial charge in [-0.05, 0) is 48.2 Å². The van der Waals surface area contributed by atoms with Gasteiger partial charge in [-0.3, -0.25) is 0 Å². The summed E-state index contributed by atoms with van der Waals surface area (Å²) in [6.45, 7) is 14.2. The number of aromatic hydroxyl groups is 2. The van der Waals surface area contributed by atoms with E-state index in [0.29, 0.717) is 11.5 Å². The largest absolute Gasteiger partial charge is 0.504 e. The molecule has 0 bridgehead atoms. The summed E-state index contributed by atoms with van der Waals surface area (Å²) in [6, 6.07) is 10.9. The predicted octanol–water partition coefficient (Wildman–Crippen LogP) is 6.54. The molecule has 158 valence electrons. The topological polar surface area (TPSA) is 58.9 Å². The number of benzene rings is 2. The van der Waals surface area contributed by atoms with Crippen LogP contribution in [0, 0.1) is 0 Å². The maximum absolute atomic E-state index is 9.28. The number of phenolic OH excluding ortho intramolecular Hbond substituents is 2. The van der Waals surface area contributed by atoms with Crippen molar-refractivity contribution >= 4 is 0 Å². The fourth-order valence-corrected chi connectivity index (χ4v) is 2.33. The molecule has 0 spiro atoms. The van der Waals surface area contributed by atoms with E-state index < -0.39 is 0 Å². The van der Waals surface area contributed by atoms with E-state index in [1.54, 1.807) is 26.4 Å². The third-order valence-corrected chi connectivity index (χ3v) is 3.57. The van der Waals surface area contributed by atoms with Crippen LogP contribution in [0.1, 0.15) is 51.7 Å². The summed E-state index contributed by atoms with van der Waals surface area (Å²) in [5.74, 6) is 1.52. The molecule has 2 aromatic carbocycles. The summed E-state index contributed by atoms with van der Waals surface area (Å²) in [4.78, 5) is 0. The van der Waals surface area contributed by atoms with Crippen molar-refractivity contribution < 1.29 is 19.7 Å². The predicted molar refractivity (Wildman–Crippen MR) is 120 cm³/mol. The van der Waals surface area contributed by atoms with E-state index in [9.17, 15) is 10.2 Å². The zero-order valence-corrected chi connectivity index (χ0v) is 18.4. The maximum Gasteiger partial charge on any atom is 0.160 e. The van der Waals surface area contributed by atoms with Crippen LogP contribution in [-0.4, -0.2) is 24.4 Å². The van der Waals surface area contributed by atoms with Gasteiger partial charge in [0.25, 0.3) is 0 Å². The Labute approximate surface area is 171 Å². The van der Waals surface area contributed by atoms with Crippen molar-refractivity contribution in [3.05, 3.63) is 60.7 Å². The van der Waals surface area contributed by atoms with Crippen molar-refractivity contribution in [3.8, 4) is 23.0 Å². The highest BCUT2D eigenvalue weighted by Gasteiger charge is 2.01. The van der Waals surface area contributed by atoms with Gasteiger partial charge in [-0.15, -0.1) is 13.2 Å². The first kappa shape index (κ1) is 27.6. The molecule has 0 aliphatic carbocycles. The molecule has 0 aliphatic rings. The first-order valence-electron chi connectivity index (χ1n) is 9.77. The highest BCUT2D eigenvalue weighted by atomic mass is 16.5. The third kappa shape index (κ3) is 10.5. The SMILES string of the molecule is C=C.CC.CCCc1ccc(O)c(OC)c1.CCCc1ccc(O)c(OC)c1. The summed E-state index contributed by atoms with van der Waals surface area (Å²) in [5, 5.41) is 18.6. The van der Waals surface area contributed by atoms with Crippen molar-refractivity contribution in [2.75, 3.05) is 14.2 Å². The molecule has 0 aromatic heterocycles. The normalized spacial score (nSPS) is 8.79. The number of hydrogen-bond donors (Lipinski definition) is 2. The van der Waals surface area contributed by atoms with E-state index in [0.717, 1.165) is 25.7 Å². The average Bonchev–Trinajstić information content (AvgIpc) is 2.74. The van der Waals surface area contributed by atoms with Crippen molar-refractivity contribution in [1.82, 2.24) is 0 Å². The van der Waals surface area contributed by atoms with Gasteiger partial charge in [0.1, 0.15) is 0 Å². The Bertz CT molecular complexity index is 583.